The molecular weight excluding hydrogens is 276 g/mol. The number of benzene rings is 1. The largest absolute Gasteiger partial charge is 0.586 e. The Labute approximate surface area is 112 Å². The molecule has 1 atom stereocenters. The van der Waals surface area contributed by atoms with E-state index in [1.54, 1.807) is 0 Å². The zero-order chi connectivity index (χ0) is 14.9. The predicted molar refractivity (Wildman–Crippen MR) is 63.5 cm³/mol. The highest BCUT2D eigenvalue weighted by molar-refractivity contribution is 5.97. The third-order valence-corrected chi connectivity index (χ3v) is 2.42. The number of carbonyl (C=O) groups is 2. The van der Waals surface area contributed by atoms with Crippen LogP contribution in [0.4, 0.5) is 19.3 Å². The van der Waals surface area contributed by atoms with E-state index >= 15 is 0 Å². The van der Waals surface area contributed by atoms with Crippen LogP contribution in [0.5, 0.6) is 11.5 Å². The summed E-state index contributed by atoms with van der Waals surface area (Å²) in [6.07, 6.45) is -3.70. The average Bonchev–Trinajstić information content (AvgIpc) is 2.61. The first kappa shape index (κ1) is 13.8. The molecule has 0 spiro atoms. The number of nitrogens with one attached hydrogen (secondary N) is 2. The first-order chi connectivity index (χ1) is 9.27. The van der Waals surface area contributed by atoms with E-state index in [1.807, 2.05) is 5.32 Å². The summed E-state index contributed by atoms with van der Waals surface area (Å²) in [6, 6.07) is 2.18. The van der Waals surface area contributed by atoms with Crippen LogP contribution >= 0.6 is 0 Å². The van der Waals surface area contributed by atoms with E-state index in [-0.39, 0.29) is 11.5 Å². The third kappa shape index (κ3) is 3.05. The monoisotopic (exact) mass is 287 g/mol. The van der Waals surface area contributed by atoms with Gasteiger partial charge >= 0.3 is 12.3 Å². The molecule has 1 aromatic carbocycles. The van der Waals surface area contributed by atoms with Crippen molar-refractivity contribution >= 4 is 17.6 Å². The second-order valence-corrected chi connectivity index (χ2v) is 4.05. The second-order valence-electron chi connectivity index (χ2n) is 4.05. The Balaban J connectivity index is 2.05. The summed E-state index contributed by atoms with van der Waals surface area (Å²) in [7, 11) is 0. The number of amides is 3. The molecule has 20 heavy (non-hydrogen) atoms. The number of imide groups is 1. The van der Waals surface area contributed by atoms with Crippen LogP contribution < -0.4 is 25.8 Å². The summed E-state index contributed by atoms with van der Waals surface area (Å²) in [5, 5.41) is 4.59. The van der Waals surface area contributed by atoms with Crippen molar-refractivity contribution < 1.29 is 27.8 Å². The number of urea groups is 1. The number of ether oxygens (including phenoxy) is 2. The van der Waals surface area contributed by atoms with Crippen molar-refractivity contribution in [3.63, 3.8) is 0 Å². The molecule has 0 aliphatic carbocycles. The van der Waals surface area contributed by atoms with E-state index in [0.717, 1.165) is 0 Å². The first-order valence-electron chi connectivity index (χ1n) is 5.53. The van der Waals surface area contributed by atoms with Gasteiger partial charge in [-0.25, -0.2) is 4.79 Å². The maximum atomic E-state index is 12.8. The fraction of sp³-hybridized carbons (Fsp3) is 0.273. The van der Waals surface area contributed by atoms with Gasteiger partial charge in [0.05, 0.1) is 0 Å². The summed E-state index contributed by atoms with van der Waals surface area (Å²) in [5.41, 5.74) is 5.15. The summed E-state index contributed by atoms with van der Waals surface area (Å²) in [4.78, 5) is 22.0. The molecule has 1 aliphatic rings. The Morgan fingerprint density at radius 3 is 2.60 bits per heavy atom. The van der Waals surface area contributed by atoms with Crippen molar-refractivity contribution in [2.75, 3.05) is 5.32 Å². The quantitative estimate of drug-likeness (QED) is 0.769. The van der Waals surface area contributed by atoms with Crippen molar-refractivity contribution in [2.24, 2.45) is 5.73 Å². The van der Waals surface area contributed by atoms with E-state index in [0.29, 0.717) is 5.69 Å². The molecule has 0 aromatic heterocycles. The first-order valence-corrected chi connectivity index (χ1v) is 5.53. The van der Waals surface area contributed by atoms with E-state index in [1.165, 1.54) is 25.1 Å². The number of hydrogen-bond acceptors (Lipinski definition) is 5. The topological polar surface area (TPSA) is 103 Å². The predicted octanol–water partition coefficient (Wildman–Crippen LogP) is 1.00. The number of anilines is 1. The van der Waals surface area contributed by atoms with Gasteiger partial charge in [-0.05, 0) is 19.1 Å². The highest BCUT2D eigenvalue weighted by Crippen LogP contribution is 2.42. The van der Waals surface area contributed by atoms with Crippen molar-refractivity contribution in [2.45, 2.75) is 19.3 Å². The van der Waals surface area contributed by atoms with Crippen LogP contribution in [0.3, 0.4) is 0 Å². The lowest BCUT2D eigenvalue weighted by atomic mass is 10.2. The van der Waals surface area contributed by atoms with Crippen molar-refractivity contribution in [3.8, 4) is 11.5 Å². The third-order valence-electron chi connectivity index (χ3n) is 2.42. The molecule has 2 rings (SSSR count). The molecule has 0 unspecified atom stereocenters. The lowest BCUT2D eigenvalue weighted by molar-refractivity contribution is -0.286. The lowest BCUT2D eigenvalue weighted by Gasteiger charge is -2.14. The number of rotatable bonds is 3. The van der Waals surface area contributed by atoms with Gasteiger partial charge in [0.1, 0.15) is 6.04 Å². The number of halogens is 2. The van der Waals surface area contributed by atoms with Crippen LogP contribution in [-0.2, 0) is 4.79 Å². The number of carbonyl (C=O) groups excluding carboxylic acids is 2. The van der Waals surface area contributed by atoms with E-state index in [9.17, 15) is 18.4 Å². The van der Waals surface area contributed by atoms with Crippen LogP contribution in [-0.4, -0.2) is 24.3 Å². The van der Waals surface area contributed by atoms with E-state index in [4.69, 9.17) is 5.73 Å². The molecule has 0 radical (unpaired) electrons. The Morgan fingerprint density at radius 1 is 1.30 bits per heavy atom. The minimum Gasteiger partial charge on any atom is -0.395 e. The molecule has 4 N–H and O–H groups in total. The molecule has 108 valence electrons. The fourth-order valence-corrected chi connectivity index (χ4v) is 1.58. The average molecular weight is 287 g/mol. The Kier molecular flexibility index (Phi) is 3.35. The standard InChI is InChI=1S/C11H11F2N3O4/c1-5(9(17)16-10(14)18)15-6-2-3-7-8(4-6)20-11(12,13)19-7/h2-5,15H,1H3,(H3,14,16,17,18)/t5-/m1/s1. The number of primary amides is 1. The van der Waals surface area contributed by atoms with Gasteiger partial charge in [-0.3, -0.25) is 10.1 Å². The smallest absolute Gasteiger partial charge is 0.395 e. The van der Waals surface area contributed by atoms with Crippen molar-refractivity contribution in [3.05, 3.63) is 18.2 Å². The minimum absolute atomic E-state index is 0.102. The molecule has 7 nitrogen and oxygen atoms in total. The molecular formula is C11H11F2N3O4. The highest BCUT2D eigenvalue weighted by Gasteiger charge is 2.43. The van der Waals surface area contributed by atoms with Gasteiger partial charge in [-0.1, -0.05) is 0 Å². The highest BCUT2D eigenvalue weighted by atomic mass is 19.3. The normalized spacial score (nSPS) is 16.4. The second kappa shape index (κ2) is 4.83. The Hall–Kier alpha value is -2.58. The molecule has 9 heteroatoms. The van der Waals surface area contributed by atoms with Crippen LogP contribution in [0, 0.1) is 0 Å². The molecule has 1 heterocycles. The fourth-order valence-electron chi connectivity index (χ4n) is 1.58. The molecule has 0 saturated carbocycles. The maximum absolute atomic E-state index is 12.8. The maximum Gasteiger partial charge on any atom is 0.586 e. The van der Waals surface area contributed by atoms with Gasteiger partial charge in [0, 0.05) is 11.8 Å². The molecule has 3 amide bonds. The number of alkyl halides is 2. The Morgan fingerprint density at radius 2 is 1.95 bits per heavy atom. The molecule has 0 saturated heterocycles. The van der Waals surface area contributed by atoms with Crippen molar-refractivity contribution in [1.82, 2.24) is 5.32 Å². The lowest BCUT2D eigenvalue weighted by Crippen LogP contribution is -2.43. The van der Waals surface area contributed by atoms with Crippen molar-refractivity contribution in [1.29, 1.82) is 0 Å². The van der Waals surface area contributed by atoms with E-state index in [2.05, 4.69) is 14.8 Å². The number of hydrogen-bond donors (Lipinski definition) is 3. The summed E-state index contributed by atoms with van der Waals surface area (Å²) < 4.78 is 34.1. The van der Waals surface area contributed by atoms with E-state index < -0.39 is 24.3 Å². The summed E-state index contributed by atoms with van der Waals surface area (Å²) in [5.74, 6) is -0.905. The number of nitrogens with two attached hydrogens (primary N) is 1. The summed E-state index contributed by atoms with van der Waals surface area (Å²) in [6.45, 7) is 1.47. The van der Waals surface area contributed by atoms with Gasteiger partial charge in [-0.2, -0.15) is 0 Å². The van der Waals surface area contributed by atoms with Crippen LogP contribution in [0.25, 0.3) is 0 Å². The molecule has 0 bridgehead atoms. The van der Waals surface area contributed by atoms with Gasteiger partial charge < -0.3 is 20.5 Å². The SMILES string of the molecule is C[C@@H](Nc1ccc2c(c1)OC(F)(F)O2)C(=O)NC(N)=O. The zero-order valence-electron chi connectivity index (χ0n) is 10.3. The number of fused-ring (bicyclic) bond motifs is 1. The molecule has 1 aliphatic heterocycles. The Bertz CT molecular complexity index is 565. The van der Waals surface area contributed by atoms with Gasteiger partial charge in [0.15, 0.2) is 11.5 Å². The zero-order valence-corrected chi connectivity index (χ0v) is 10.3. The summed E-state index contributed by atoms with van der Waals surface area (Å²) >= 11 is 0. The van der Waals surface area contributed by atoms with Crippen LogP contribution in [0.1, 0.15) is 6.92 Å². The minimum atomic E-state index is -3.70. The van der Waals surface area contributed by atoms with Gasteiger partial charge in [-0.15, -0.1) is 8.78 Å². The molecule has 1 aromatic rings. The van der Waals surface area contributed by atoms with Crippen LogP contribution in [0.15, 0.2) is 18.2 Å². The van der Waals surface area contributed by atoms with Gasteiger partial charge in [0.2, 0.25) is 5.91 Å². The van der Waals surface area contributed by atoms with Crippen LogP contribution in [0.2, 0.25) is 0 Å². The van der Waals surface area contributed by atoms with Gasteiger partial charge in [0.25, 0.3) is 0 Å². The molecule has 0 fully saturated rings.